The molecule has 3 aromatic carbocycles. The molecule has 0 heterocycles. The van der Waals surface area contributed by atoms with Gasteiger partial charge in [0.25, 0.3) is 0 Å². The van der Waals surface area contributed by atoms with Crippen LogP contribution in [0, 0.1) is 5.41 Å². The quantitative estimate of drug-likeness (QED) is 0.119. The second-order valence-corrected chi connectivity index (χ2v) is 10.8. The Bertz CT molecular complexity index is 926. The maximum atomic E-state index is 11.8. The zero-order chi connectivity index (χ0) is 26.4. The van der Waals surface area contributed by atoms with Crippen LogP contribution < -0.4 is 0 Å². The van der Waals surface area contributed by atoms with Crippen molar-refractivity contribution >= 4 is 5.97 Å². The Kier molecular flexibility index (Phi) is 11.4. The summed E-state index contributed by atoms with van der Waals surface area (Å²) in [6, 6.07) is 31.7. The lowest BCUT2D eigenvalue weighted by atomic mass is 9.80. The maximum absolute atomic E-state index is 11.8. The predicted octanol–water partition coefficient (Wildman–Crippen LogP) is 8.71. The highest BCUT2D eigenvalue weighted by Crippen LogP contribution is 2.40. The van der Waals surface area contributed by atoms with Crippen LogP contribution in [0.25, 0.3) is 0 Å². The van der Waals surface area contributed by atoms with Gasteiger partial charge < -0.3 is 9.47 Å². The van der Waals surface area contributed by atoms with Crippen molar-refractivity contribution < 1.29 is 14.3 Å². The summed E-state index contributed by atoms with van der Waals surface area (Å²) in [5.74, 6) is -0.106. The van der Waals surface area contributed by atoms with E-state index in [4.69, 9.17) is 9.47 Å². The average molecular weight is 501 g/mol. The summed E-state index contributed by atoms with van der Waals surface area (Å²) < 4.78 is 12.2. The normalized spacial score (nSPS) is 11.9. The first kappa shape index (κ1) is 28.7. The van der Waals surface area contributed by atoms with Gasteiger partial charge in [-0.25, -0.2) is 0 Å². The molecule has 0 bridgehead atoms. The third-order valence-electron chi connectivity index (χ3n) is 6.74. The van der Waals surface area contributed by atoms with E-state index in [0.717, 1.165) is 42.4 Å². The zero-order valence-corrected chi connectivity index (χ0v) is 23.0. The molecule has 0 aliphatic heterocycles. The summed E-state index contributed by atoms with van der Waals surface area (Å²) in [7, 11) is 0. The molecule has 0 fully saturated rings. The van der Waals surface area contributed by atoms with Crippen LogP contribution >= 0.6 is 0 Å². The Morgan fingerprint density at radius 1 is 0.541 bits per heavy atom. The Hall–Kier alpha value is -2.91. The number of hydrogen-bond acceptors (Lipinski definition) is 3. The van der Waals surface area contributed by atoms with E-state index in [1.54, 1.807) is 0 Å². The van der Waals surface area contributed by atoms with Crippen molar-refractivity contribution in [1.29, 1.82) is 0 Å². The van der Waals surface area contributed by atoms with Gasteiger partial charge in [0.05, 0.1) is 12.0 Å². The molecule has 0 aliphatic carbocycles. The molecule has 37 heavy (non-hydrogen) atoms. The fourth-order valence-electron chi connectivity index (χ4n) is 4.64. The van der Waals surface area contributed by atoms with Gasteiger partial charge in [-0.1, -0.05) is 130 Å². The second kappa shape index (κ2) is 14.7. The first-order chi connectivity index (χ1) is 17.9. The molecule has 3 heteroatoms. The highest BCUT2D eigenvalue weighted by molar-refractivity contribution is 5.75. The van der Waals surface area contributed by atoms with Crippen molar-refractivity contribution in [3.05, 3.63) is 108 Å². The molecule has 0 atom stereocenters. The van der Waals surface area contributed by atoms with Crippen LogP contribution in [0.5, 0.6) is 0 Å². The van der Waals surface area contributed by atoms with Crippen LogP contribution in [-0.2, 0) is 19.9 Å². The van der Waals surface area contributed by atoms with Crippen molar-refractivity contribution in [2.24, 2.45) is 5.41 Å². The second-order valence-electron chi connectivity index (χ2n) is 10.8. The number of hydrogen-bond donors (Lipinski definition) is 0. The monoisotopic (exact) mass is 500 g/mol. The number of benzene rings is 3. The third kappa shape index (κ3) is 8.57. The van der Waals surface area contributed by atoms with Crippen LogP contribution in [0.1, 0.15) is 88.8 Å². The van der Waals surface area contributed by atoms with Crippen LogP contribution in [0.2, 0.25) is 0 Å². The Morgan fingerprint density at radius 2 is 0.892 bits per heavy atom. The standard InChI is InChI=1S/C34H44O3/c1-33(2,3)32(35)36-27-19-8-6-4-5-7-9-20-28-37-34(29-21-13-10-14-22-29,30-23-15-11-16-24-30)31-25-17-12-18-26-31/h10-18,21-26H,4-9,19-20,27-28H2,1-3H3. The maximum Gasteiger partial charge on any atom is 0.311 e. The topological polar surface area (TPSA) is 35.5 Å². The smallest absolute Gasteiger partial charge is 0.311 e. The first-order valence-corrected chi connectivity index (χ1v) is 13.9. The molecule has 0 saturated carbocycles. The Balaban J connectivity index is 1.46. The minimum Gasteiger partial charge on any atom is -0.465 e. The molecule has 0 unspecified atom stereocenters. The fourth-order valence-corrected chi connectivity index (χ4v) is 4.64. The predicted molar refractivity (Wildman–Crippen MR) is 153 cm³/mol. The summed E-state index contributed by atoms with van der Waals surface area (Å²) in [5, 5.41) is 0. The fraction of sp³-hybridized carbons (Fsp3) is 0.441. The number of rotatable bonds is 15. The highest BCUT2D eigenvalue weighted by Gasteiger charge is 2.37. The lowest BCUT2D eigenvalue weighted by molar-refractivity contribution is -0.153. The van der Waals surface area contributed by atoms with Gasteiger partial charge in [-0.3, -0.25) is 4.79 Å². The van der Waals surface area contributed by atoms with Gasteiger partial charge in [0.2, 0.25) is 0 Å². The van der Waals surface area contributed by atoms with Crippen LogP contribution in [0.4, 0.5) is 0 Å². The summed E-state index contributed by atoms with van der Waals surface area (Å²) >= 11 is 0. The molecular formula is C34H44O3. The number of ether oxygens (including phenoxy) is 2. The van der Waals surface area contributed by atoms with E-state index in [0.29, 0.717) is 13.2 Å². The van der Waals surface area contributed by atoms with Gasteiger partial charge in [-0.2, -0.15) is 0 Å². The van der Waals surface area contributed by atoms with E-state index < -0.39 is 11.0 Å². The molecule has 0 aromatic heterocycles. The molecule has 0 radical (unpaired) electrons. The Labute approximate surface area is 224 Å². The SMILES string of the molecule is CC(C)(C)C(=O)OCCCCCCCCCCOC(c1ccccc1)(c1ccccc1)c1ccccc1. The first-order valence-electron chi connectivity index (χ1n) is 13.9. The van der Waals surface area contributed by atoms with Gasteiger partial charge in [-0.05, 0) is 50.3 Å². The van der Waals surface area contributed by atoms with Gasteiger partial charge in [0.1, 0.15) is 5.60 Å². The van der Waals surface area contributed by atoms with Crippen LogP contribution in [0.15, 0.2) is 91.0 Å². The lowest BCUT2D eigenvalue weighted by Gasteiger charge is -2.36. The number of esters is 1. The molecule has 0 N–H and O–H groups in total. The van der Waals surface area contributed by atoms with E-state index in [-0.39, 0.29) is 5.97 Å². The zero-order valence-electron chi connectivity index (χ0n) is 23.0. The van der Waals surface area contributed by atoms with E-state index in [2.05, 4.69) is 91.0 Å². The summed E-state index contributed by atoms with van der Waals surface area (Å²) in [6.45, 7) is 6.93. The minimum absolute atomic E-state index is 0.106. The lowest BCUT2D eigenvalue weighted by Crippen LogP contribution is -2.33. The van der Waals surface area contributed by atoms with Gasteiger partial charge >= 0.3 is 5.97 Å². The van der Waals surface area contributed by atoms with E-state index in [1.807, 2.05) is 20.8 Å². The molecule has 0 amide bonds. The summed E-state index contributed by atoms with van der Waals surface area (Å²) in [5.41, 5.74) is 2.43. The Morgan fingerprint density at radius 3 is 1.27 bits per heavy atom. The van der Waals surface area contributed by atoms with E-state index >= 15 is 0 Å². The molecule has 3 aromatic rings. The van der Waals surface area contributed by atoms with Crippen molar-refractivity contribution in [2.45, 2.75) is 77.7 Å². The molecule has 0 saturated heterocycles. The van der Waals surface area contributed by atoms with Crippen molar-refractivity contribution in [2.75, 3.05) is 13.2 Å². The minimum atomic E-state index is -0.625. The van der Waals surface area contributed by atoms with Crippen LogP contribution in [0.3, 0.4) is 0 Å². The molecule has 0 aliphatic rings. The molecule has 3 rings (SSSR count). The van der Waals surface area contributed by atoms with Crippen LogP contribution in [-0.4, -0.2) is 19.2 Å². The van der Waals surface area contributed by atoms with Crippen molar-refractivity contribution in [1.82, 2.24) is 0 Å². The molecule has 198 valence electrons. The van der Waals surface area contributed by atoms with Crippen molar-refractivity contribution in [3.63, 3.8) is 0 Å². The number of unbranched alkanes of at least 4 members (excludes halogenated alkanes) is 7. The van der Waals surface area contributed by atoms with Crippen molar-refractivity contribution in [3.8, 4) is 0 Å². The molecule has 3 nitrogen and oxygen atoms in total. The van der Waals surface area contributed by atoms with Gasteiger partial charge in [0, 0.05) is 6.61 Å². The molecule has 0 spiro atoms. The number of carbonyl (C=O) groups excluding carboxylic acids is 1. The average Bonchev–Trinajstić information content (AvgIpc) is 2.92. The summed E-state index contributed by atoms with van der Waals surface area (Å²) in [4.78, 5) is 11.8. The van der Waals surface area contributed by atoms with E-state index in [1.165, 1.54) is 25.7 Å². The summed E-state index contributed by atoms with van der Waals surface area (Å²) in [6.07, 6.45) is 9.16. The highest BCUT2D eigenvalue weighted by atomic mass is 16.5. The van der Waals surface area contributed by atoms with E-state index in [9.17, 15) is 4.79 Å². The number of carbonyl (C=O) groups is 1. The molecular weight excluding hydrogens is 456 g/mol. The van der Waals surface area contributed by atoms with Gasteiger partial charge in [0.15, 0.2) is 0 Å². The third-order valence-corrected chi connectivity index (χ3v) is 6.74. The van der Waals surface area contributed by atoms with Gasteiger partial charge in [-0.15, -0.1) is 0 Å². The largest absolute Gasteiger partial charge is 0.465 e.